The van der Waals surface area contributed by atoms with Gasteiger partial charge < -0.3 is 10.1 Å². The molecule has 8 heteroatoms. The van der Waals surface area contributed by atoms with Crippen molar-refractivity contribution in [1.82, 2.24) is 15.0 Å². The third kappa shape index (κ3) is 4.47. The molecule has 1 amide bonds. The highest BCUT2D eigenvalue weighted by atomic mass is 16.6. The van der Waals surface area contributed by atoms with Gasteiger partial charge in [-0.05, 0) is 17.4 Å². The summed E-state index contributed by atoms with van der Waals surface area (Å²) in [4.78, 5) is 26.1. The van der Waals surface area contributed by atoms with E-state index in [1.54, 1.807) is 13.8 Å². The zero-order chi connectivity index (χ0) is 16.8. The van der Waals surface area contributed by atoms with Gasteiger partial charge in [0.1, 0.15) is 6.20 Å². The van der Waals surface area contributed by atoms with Crippen molar-refractivity contribution in [2.45, 2.75) is 26.8 Å². The molecule has 0 atom stereocenters. The molecule has 0 radical (unpaired) electrons. The van der Waals surface area contributed by atoms with Gasteiger partial charge >= 0.3 is 5.82 Å². The van der Waals surface area contributed by atoms with Crippen molar-refractivity contribution in [2.75, 3.05) is 0 Å². The highest BCUT2D eigenvalue weighted by Gasteiger charge is 2.19. The largest absolute Gasteiger partial charge is 0.358 e. The predicted molar refractivity (Wildman–Crippen MR) is 85.0 cm³/mol. The van der Waals surface area contributed by atoms with Crippen LogP contribution in [0.1, 0.15) is 18.3 Å². The van der Waals surface area contributed by atoms with Crippen LogP contribution in [0, 0.1) is 17.0 Å². The second-order valence-electron chi connectivity index (χ2n) is 5.05. The van der Waals surface area contributed by atoms with Gasteiger partial charge in [0, 0.05) is 19.1 Å². The molecule has 0 bridgehead atoms. The maximum absolute atomic E-state index is 11.9. The van der Waals surface area contributed by atoms with E-state index >= 15 is 0 Å². The molecule has 1 heterocycles. The molecular formula is C15H17N5O3. The van der Waals surface area contributed by atoms with Crippen molar-refractivity contribution in [3.8, 4) is 0 Å². The Morgan fingerprint density at radius 1 is 1.39 bits per heavy atom. The van der Waals surface area contributed by atoms with Crippen molar-refractivity contribution >= 4 is 17.4 Å². The van der Waals surface area contributed by atoms with Gasteiger partial charge in [-0.1, -0.05) is 30.3 Å². The molecule has 0 spiro atoms. The fraction of sp³-hybridized carbons (Fsp3) is 0.267. The summed E-state index contributed by atoms with van der Waals surface area (Å²) in [6.45, 7) is 3.20. The first-order chi connectivity index (χ1) is 11.0. The number of imidazole rings is 1. The van der Waals surface area contributed by atoms with Gasteiger partial charge in [-0.2, -0.15) is 5.10 Å². The molecule has 0 aliphatic heterocycles. The highest BCUT2D eigenvalue weighted by Crippen LogP contribution is 2.12. The van der Waals surface area contributed by atoms with E-state index in [-0.39, 0.29) is 12.4 Å². The minimum Gasteiger partial charge on any atom is -0.358 e. The molecule has 0 aliphatic rings. The molecule has 0 fully saturated rings. The summed E-state index contributed by atoms with van der Waals surface area (Å²) < 4.78 is 1.23. The minimum atomic E-state index is -0.572. The van der Waals surface area contributed by atoms with Gasteiger partial charge in [0.2, 0.25) is 0 Å². The number of amides is 1. The first-order valence-corrected chi connectivity index (χ1v) is 7.00. The van der Waals surface area contributed by atoms with Gasteiger partial charge in [0.25, 0.3) is 5.91 Å². The highest BCUT2D eigenvalue weighted by molar-refractivity contribution is 5.86. The maximum atomic E-state index is 11.9. The van der Waals surface area contributed by atoms with E-state index < -0.39 is 10.8 Å². The summed E-state index contributed by atoms with van der Waals surface area (Å²) >= 11 is 0. The third-order valence-electron chi connectivity index (χ3n) is 3.20. The van der Waals surface area contributed by atoms with Crippen LogP contribution in [0.25, 0.3) is 0 Å². The van der Waals surface area contributed by atoms with Gasteiger partial charge in [-0.15, -0.1) is 0 Å². The van der Waals surface area contributed by atoms with Crippen LogP contribution in [0.3, 0.4) is 0 Å². The number of nitrogens with zero attached hydrogens (tertiary/aromatic N) is 4. The number of aromatic nitrogens is 2. The van der Waals surface area contributed by atoms with Crippen molar-refractivity contribution in [3.05, 3.63) is 58.0 Å². The minimum absolute atomic E-state index is 0.204. The van der Waals surface area contributed by atoms with Crippen LogP contribution in [-0.2, 0) is 17.8 Å². The quantitative estimate of drug-likeness (QED) is 0.499. The van der Waals surface area contributed by atoms with Crippen molar-refractivity contribution in [1.29, 1.82) is 0 Å². The molecule has 0 saturated carbocycles. The third-order valence-corrected chi connectivity index (χ3v) is 3.20. The van der Waals surface area contributed by atoms with Crippen molar-refractivity contribution in [2.24, 2.45) is 5.10 Å². The average molecular weight is 315 g/mol. The van der Waals surface area contributed by atoms with E-state index in [2.05, 4.69) is 15.5 Å². The molecule has 1 aromatic carbocycles. The van der Waals surface area contributed by atoms with E-state index in [1.807, 2.05) is 30.3 Å². The van der Waals surface area contributed by atoms with Gasteiger partial charge in [-0.25, -0.2) is 15.0 Å². The summed E-state index contributed by atoms with van der Waals surface area (Å²) in [5, 5.41) is 14.9. The number of nitrogens with one attached hydrogen (secondary N) is 1. The molecule has 23 heavy (non-hydrogen) atoms. The predicted octanol–water partition coefficient (Wildman–Crippen LogP) is 1.83. The molecular weight excluding hydrogens is 298 g/mol. The summed E-state index contributed by atoms with van der Waals surface area (Å²) in [6, 6.07) is 9.74. The van der Waals surface area contributed by atoms with Crippen LogP contribution in [0.15, 0.2) is 41.6 Å². The fourth-order valence-corrected chi connectivity index (χ4v) is 2.06. The first kappa shape index (κ1) is 16.3. The fourth-order valence-electron chi connectivity index (χ4n) is 2.06. The Kier molecular flexibility index (Phi) is 5.19. The summed E-state index contributed by atoms with van der Waals surface area (Å²) in [6.07, 6.45) is 1.75. The van der Waals surface area contributed by atoms with E-state index in [0.29, 0.717) is 12.2 Å². The number of nitro groups is 1. The van der Waals surface area contributed by atoms with Crippen molar-refractivity contribution < 1.29 is 9.72 Å². The maximum Gasteiger partial charge on any atom is 0.343 e. The topological polar surface area (TPSA) is 102 Å². The van der Waals surface area contributed by atoms with E-state index in [1.165, 1.54) is 4.57 Å². The number of hydrogen-bond acceptors (Lipinski definition) is 5. The van der Waals surface area contributed by atoms with E-state index in [9.17, 15) is 14.9 Å². The van der Waals surface area contributed by atoms with Crippen molar-refractivity contribution in [3.63, 3.8) is 0 Å². The molecule has 1 aromatic heterocycles. The second kappa shape index (κ2) is 7.30. The Morgan fingerprint density at radius 2 is 2.09 bits per heavy atom. The number of aryl methyl sites for hydroxylation is 1. The van der Waals surface area contributed by atoms with Crippen LogP contribution < -0.4 is 5.43 Å². The second-order valence-corrected chi connectivity index (χ2v) is 5.05. The lowest BCUT2D eigenvalue weighted by Crippen LogP contribution is -2.25. The lowest BCUT2D eigenvalue weighted by atomic mass is 10.1. The number of carbonyl (C=O) groups excluding carboxylic acids is 1. The van der Waals surface area contributed by atoms with E-state index in [4.69, 9.17) is 0 Å². The molecule has 0 unspecified atom stereocenters. The first-order valence-electron chi connectivity index (χ1n) is 7.00. The number of carbonyl (C=O) groups is 1. The molecule has 0 aliphatic carbocycles. The lowest BCUT2D eigenvalue weighted by molar-refractivity contribution is -0.392. The van der Waals surface area contributed by atoms with Crippen LogP contribution in [0.5, 0.6) is 0 Å². The van der Waals surface area contributed by atoms with Crippen LogP contribution in [0.4, 0.5) is 5.82 Å². The smallest absolute Gasteiger partial charge is 0.343 e. The average Bonchev–Trinajstić information content (AvgIpc) is 2.87. The molecule has 2 rings (SSSR count). The normalized spacial score (nSPS) is 11.3. The SMILES string of the molecule is C/C(Cc1ccccc1)=N\NC(=O)Cn1c([N+](=O)[O-])cnc1C. The summed E-state index contributed by atoms with van der Waals surface area (Å²) in [5.74, 6) is -0.263. The van der Waals surface area contributed by atoms with Gasteiger partial charge in [-0.3, -0.25) is 4.79 Å². The number of benzene rings is 1. The monoisotopic (exact) mass is 315 g/mol. The van der Waals surface area contributed by atoms with Gasteiger partial charge in [0.15, 0.2) is 12.4 Å². The Bertz CT molecular complexity index is 737. The molecule has 8 nitrogen and oxygen atoms in total. The Balaban J connectivity index is 1.96. The standard InChI is InChI=1S/C15H17N5O3/c1-11(8-13-6-4-3-5-7-13)17-18-14(21)10-19-12(2)16-9-15(19)20(22)23/h3-7,9H,8,10H2,1-2H3,(H,18,21)/b17-11+. The number of rotatable bonds is 6. The zero-order valence-electron chi connectivity index (χ0n) is 12.9. The molecule has 2 aromatic rings. The molecule has 1 N–H and O–H groups in total. The van der Waals surface area contributed by atoms with Crippen LogP contribution in [0.2, 0.25) is 0 Å². The Morgan fingerprint density at radius 3 is 2.74 bits per heavy atom. The molecule has 0 saturated heterocycles. The zero-order valence-corrected chi connectivity index (χ0v) is 12.9. The van der Waals surface area contributed by atoms with Crippen LogP contribution >= 0.6 is 0 Å². The number of hydrogen-bond donors (Lipinski definition) is 1. The van der Waals surface area contributed by atoms with Gasteiger partial charge in [0.05, 0.1) is 0 Å². The summed E-state index contributed by atoms with van der Waals surface area (Å²) in [5.41, 5.74) is 4.24. The number of hydrazone groups is 1. The Hall–Kier alpha value is -3.03. The Labute approximate surface area is 133 Å². The lowest BCUT2D eigenvalue weighted by Gasteiger charge is -2.04. The summed E-state index contributed by atoms with van der Waals surface area (Å²) in [7, 11) is 0. The molecule has 120 valence electrons. The van der Waals surface area contributed by atoms with E-state index in [0.717, 1.165) is 17.5 Å². The van der Waals surface area contributed by atoms with Crippen LogP contribution in [-0.4, -0.2) is 26.1 Å².